The molecule has 0 spiro atoms. The molecule has 3 rings (SSSR count). The number of rotatable bonds is 4. The molecule has 1 saturated carbocycles. The van der Waals surface area contributed by atoms with E-state index in [1.54, 1.807) is 41.2 Å². The van der Waals surface area contributed by atoms with Crippen LogP contribution >= 0.6 is 0 Å². The summed E-state index contributed by atoms with van der Waals surface area (Å²) in [6.07, 6.45) is 9.17. The van der Waals surface area contributed by atoms with Gasteiger partial charge in [0.25, 0.3) is 0 Å². The first-order chi connectivity index (χ1) is 11.8. The maximum absolute atomic E-state index is 13.1. The lowest BCUT2D eigenvalue weighted by Crippen LogP contribution is -2.42. The fourth-order valence-corrected chi connectivity index (χ4v) is 4.16. The van der Waals surface area contributed by atoms with Crippen LogP contribution in [-0.2, 0) is 27.1 Å². The molecule has 0 unspecified atom stereocenters. The van der Waals surface area contributed by atoms with Crippen molar-refractivity contribution < 1.29 is 13.2 Å². The molecule has 1 N–H and O–H groups in total. The van der Waals surface area contributed by atoms with E-state index in [-0.39, 0.29) is 10.8 Å². The molecule has 1 heterocycles. The summed E-state index contributed by atoms with van der Waals surface area (Å²) in [4.78, 5) is 17.6. The maximum Gasteiger partial charge on any atom is 0.237 e. The minimum Gasteiger partial charge on any atom is -0.320 e. The number of aromatic nitrogens is 2. The van der Waals surface area contributed by atoms with Gasteiger partial charge in [-0.2, -0.15) is 0 Å². The molecule has 7 heteroatoms. The zero-order valence-corrected chi connectivity index (χ0v) is 15.3. The highest BCUT2D eigenvalue weighted by atomic mass is 32.2. The van der Waals surface area contributed by atoms with Gasteiger partial charge in [0.1, 0.15) is 0 Å². The summed E-state index contributed by atoms with van der Waals surface area (Å²) < 4.78 is 25.2. The number of aryl methyl sites for hydroxylation is 1. The molecule has 0 bridgehead atoms. The molecule has 1 aliphatic carbocycles. The van der Waals surface area contributed by atoms with Crippen molar-refractivity contribution in [2.24, 2.45) is 7.05 Å². The van der Waals surface area contributed by atoms with E-state index in [4.69, 9.17) is 0 Å². The summed E-state index contributed by atoms with van der Waals surface area (Å²) in [5.74, 6) is 0.441. The van der Waals surface area contributed by atoms with E-state index in [0.29, 0.717) is 5.95 Å². The number of nitrogens with zero attached hydrogens (tertiary/aromatic N) is 2. The summed E-state index contributed by atoms with van der Waals surface area (Å²) in [6, 6.07) is 6.74. The average molecular weight is 361 g/mol. The number of carbonyl (C=O) groups is 1. The molecule has 25 heavy (non-hydrogen) atoms. The van der Waals surface area contributed by atoms with Crippen LogP contribution in [0.1, 0.15) is 37.7 Å². The lowest BCUT2D eigenvalue weighted by Gasteiger charge is -2.36. The number of sulfone groups is 1. The first-order valence-corrected chi connectivity index (χ1v) is 10.3. The second-order valence-corrected chi connectivity index (χ2v) is 8.77. The van der Waals surface area contributed by atoms with Gasteiger partial charge in [-0.05, 0) is 30.5 Å². The molecule has 0 aliphatic heterocycles. The number of amides is 1. The molecule has 6 nitrogen and oxygen atoms in total. The maximum atomic E-state index is 13.1. The molecule has 0 saturated heterocycles. The van der Waals surface area contributed by atoms with E-state index in [1.807, 2.05) is 7.05 Å². The summed E-state index contributed by atoms with van der Waals surface area (Å²) in [5, 5.41) is 2.94. The van der Waals surface area contributed by atoms with Gasteiger partial charge in [-0.3, -0.25) is 10.1 Å². The first-order valence-electron chi connectivity index (χ1n) is 8.42. The molecule has 1 aromatic heterocycles. The average Bonchev–Trinajstić information content (AvgIpc) is 2.99. The molecular weight excluding hydrogens is 338 g/mol. The van der Waals surface area contributed by atoms with Crippen LogP contribution in [0.5, 0.6) is 0 Å². The van der Waals surface area contributed by atoms with Crippen molar-refractivity contribution in [1.29, 1.82) is 0 Å². The second-order valence-electron chi connectivity index (χ2n) is 6.76. The molecule has 0 atom stereocenters. The standard InChI is InChI=1S/C18H23N3O3S/c1-21-13-12-19-17(21)20-16(22)18(10-4-3-5-11-18)14-6-8-15(9-7-14)25(2,23)24/h6-9,12-13H,3-5,10-11H2,1-2H3,(H,19,20,22). The van der Waals surface area contributed by atoms with Crippen LogP contribution in [0.4, 0.5) is 5.95 Å². The molecule has 1 fully saturated rings. The Bertz CT molecular complexity index is 863. The van der Waals surface area contributed by atoms with Crippen molar-refractivity contribution >= 4 is 21.7 Å². The Balaban J connectivity index is 1.96. The Morgan fingerprint density at radius 1 is 1.16 bits per heavy atom. The van der Waals surface area contributed by atoms with E-state index in [9.17, 15) is 13.2 Å². The molecular formula is C18H23N3O3S. The number of imidazole rings is 1. The van der Waals surface area contributed by atoms with E-state index >= 15 is 0 Å². The second kappa shape index (κ2) is 6.63. The fraction of sp³-hybridized carbons (Fsp3) is 0.444. The smallest absolute Gasteiger partial charge is 0.237 e. The lowest BCUT2D eigenvalue weighted by molar-refractivity contribution is -0.122. The van der Waals surface area contributed by atoms with Crippen molar-refractivity contribution in [3.05, 3.63) is 42.2 Å². The van der Waals surface area contributed by atoms with Gasteiger partial charge >= 0.3 is 0 Å². The molecule has 0 radical (unpaired) electrons. The quantitative estimate of drug-likeness (QED) is 0.908. The van der Waals surface area contributed by atoms with Gasteiger partial charge in [-0.1, -0.05) is 31.4 Å². The van der Waals surface area contributed by atoms with Crippen LogP contribution in [0.2, 0.25) is 0 Å². The SMILES string of the molecule is Cn1ccnc1NC(=O)C1(c2ccc(S(C)(=O)=O)cc2)CCCCC1. The first kappa shape index (κ1) is 17.7. The number of carbonyl (C=O) groups excluding carboxylic acids is 1. The number of nitrogens with one attached hydrogen (secondary N) is 1. The van der Waals surface area contributed by atoms with Crippen LogP contribution in [0, 0.1) is 0 Å². The summed E-state index contributed by atoms with van der Waals surface area (Å²) in [6.45, 7) is 0. The van der Waals surface area contributed by atoms with Crippen molar-refractivity contribution in [1.82, 2.24) is 9.55 Å². The van der Waals surface area contributed by atoms with Gasteiger partial charge in [0.15, 0.2) is 9.84 Å². The van der Waals surface area contributed by atoms with Crippen molar-refractivity contribution in [2.45, 2.75) is 42.4 Å². The third kappa shape index (κ3) is 3.46. The minimum absolute atomic E-state index is 0.0754. The van der Waals surface area contributed by atoms with E-state index < -0.39 is 15.3 Å². The fourth-order valence-electron chi connectivity index (χ4n) is 3.53. The number of hydrogen-bond donors (Lipinski definition) is 1. The number of benzene rings is 1. The largest absolute Gasteiger partial charge is 0.320 e. The normalized spacial score (nSPS) is 17.2. The van der Waals surface area contributed by atoms with Crippen LogP contribution < -0.4 is 5.32 Å². The Hall–Kier alpha value is -2.15. The summed E-state index contributed by atoms with van der Waals surface area (Å²) >= 11 is 0. The number of hydrogen-bond acceptors (Lipinski definition) is 4. The molecule has 1 aliphatic rings. The van der Waals surface area contributed by atoms with Crippen molar-refractivity contribution in [3.63, 3.8) is 0 Å². The van der Waals surface area contributed by atoms with Gasteiger partial charge < -0.3 is 4.57 Å². The Labute approximate surface area is 148 Å². The van der Waals surface area contributed by atoms with E-state index in [0.717, 1.165) is 37.7 Å². The van der Waals surface area contributed by atoms with Crippen LogP contribution in [0.15, 0.2) is 41.6 Å². The Morgan fingerprint density at radius 3 is 2.32 bits per heavy atom. The van der Waals surface area contributed by atoms with Crippen molar-refractivity contribution in [2.75, 3.05) is 11.6 Å². The third-order valence-electron chi connectivity index (χ3n) is 5.02. The van der Waals surface area contributed by atoms with E-state index in [1.165, 1.54) is 6.26 Å². The van der Waals surface area contributed by atoms with E-state index in [2.05, 4.69) is 10.3 Å². The van der Waals surface area contributed by atoms with Crippen LogP contribution in [-0.4, -0.2) is 30.1 Å². The summed E-state index contributed by atoms with van der Waals surface area (Å²) in [5.41, 5.74) is 0.228. The molecule has 1 aromatic carbocycles. The number of anilines is 1. The monoisotopic (exact) mass is 361 g/mol. The van der Waals surface area contributed by atoms with Gasteiger partial charge in [0.05, 0.1) is 10.3 Å². The Kier molecular flexibility index (Phi) is 4.69. The van der Waals surface area contributed by atoms with Crippen molar-refractivity contribution in [3.8, 4) is 0 Å². The highest BCUT2D eigenvalue weighted by Crippen LogP contribution is 2.40. The third-order valence-corrected chi connectivity index (χ3v) is 6.15. The summed E-state index contributed by atoms with van der Waals surface area (Å²) in [7, 11) is -1.42. The van der Waals surface area contributed by atoms with Crippen LogP contribution in [0.25, 0.3) is 0 Å². The Morgan fingerprint density at radius 2 is 1.80 bits per heavy atom. The van der Waals surface area contributed by atoms with Crippen LogP contribution in [0.3, 0.4) is 0 Å². The highest BCUT2D eigenvalue weighted by Gasteiger charge is 2.41. The minimum atomic E-state index is -3.25. The highest BCUT2D eigenvalue weighted by molar-refractivity contribution is 7.90. The molecule has 1 amide bonds. The molecule has 2 aromatic rings. The van der Waals surface area contributed by atoms with Gasteiger partial charge in [-0.25, -0.2) is 13.4 Å². The predicted octanol–water partition coefficient (Wildman–Crippen LogP) is 2.66. The van der Waals surface area contributed by atoms with Gasteiger partial charge in [-0.15, -0.1) is 0 Å². The zero-order chi connectivity index (χ0) is 18.1. The zero-order valence-electron chi connectivity index (χ0n) is 14.5. The topological polar surface area (TPSA) is 81.1 Å². The predicted molar refractivity (Wildman–Crippen MR) is 96.2 cm³/mol. The molecule has 134 valence electrons. The van der Waals surface area contributed by atoms with Gasteiger partial charge in [0, 0.05) is 25.7 Å². The lowest BCUT2D eigenvalue weighted by atomic mass is 9.69. The van der Waals surface area contributed by atoms with Gasteiger partial charge in [0.2, 0.25) is 11.9 Å².